The van der Waals surface area contributed by atoms with E-state index in [9.17, 15) is 0 Å². The van der Waals surface area contributed by atoms with E-state index in [2.05, 4.69) is 0 Å². The molecule has 45 heavy (non-hydrogen) atoms. The Balaban J connectivity index is 1.38. The standard InChI is InChI=1S/C39H23N5O/c1-6-16-31-25(11-1)26-12-2-7-17-32(26)43(31)38-40-37(24-21-22-30-29-15-5-10-20-35(29)45-36(30)23-24)41-39(42-38)44-33-18-8-3-13-27(33)28-14-4-9-19-34(28)44/h1-23H/i6D,8D,12D,14D,16D,17D,18D,19D. The summed E-state index contributed by atoms with van der Waals surface area (Å²) in [7, 11) is 0. The van der Waals surface area contributed by atoms with E-state index >= 15 is 0 Å². The summed E-state index contributed by atoms with van der Waals surface area (Å²) in [5.41, 5.74) is 2.79. The van der Waals surface area contributed by atoms with Crippen LogP contribution in [0.4, 0.5) is 0 Å². The fourth-order valence-corrected chi connectivity index (χ4v) is 6.23. The van der Waals surface area contributed by atoms with Crippen LogP contribution in [0.3, 0.4) is 0 Å². The average molecular weight is 586 g/mol. The van der Waals surface area contributed by atoms with Crippen molar-refractivity contribution >= 4 is 65.6 Å². The summed E-state index contributed by atoms with van der Waals surface area (Å²) in [6.45, 7) is 0. The number of benzene rings is 6. The Labute approximate surface area is 267 Å². The van der Waals surface area contributed by atoms with Crippen LogP contribution >= 0.6 is 0 Å². The lowest BCUT2D eigenvalue weighted by atomic mass is 10.1. The van der Waals surface area contributed by atoms with Gasteiger partial charge >= 0.3 is 0 Å². The Kier molecular flexibility index (Phi) is 3.60. The predicted octanol–water partition coefficient (Wildman–Crippen LogP) is 9.63. The Bertz CT molecular complexity index is 3080. The van der Waals surface area contributed by atoms with Gasteiger partial charge in [0.2, 0.25) is 11.9 Å². The maximum Gasteiger partial charge on any atom is 0.240 e. The number of fused-ring (bicyclic) bond motifs is 9. The average Bonchev–Trinajstić information content (AvgIpc) is 3.84. The monoisotopic (exact) mass is 585 g/mol. The molecule has 6 heteroatoms. The van der Waals surface area contributed by atoms with Crippen molar-refractivity contribution in [1.29, 1.82) is 0 Å². The van der Waals surface area contributed by atoms with Crippen molar-refractivity contribution in [3.05, 3.63) is 139 Å². The van der Waals surface area contributed by atoms with Crippen molar-refractivity contribution in [1.82, 2.24) is 24.1 Å². The first kappa shape index (κ1) is 17.8. The van der Waals surface area contributed by atoms with Crippen molar-refractivity contribution in [2.75, 3.05) is 0 Å². The first-order valence-corrected chi connectivity index (χ1v) is 14.3. The lowest BCUT2D eigenvalue weighted by molar-refractivity contribution is 0.669. The summed E-state index contributed by atoms with van der Waals surface area (Å²) >= 11 is 0. The lowest BCUT2D eigenvalue weighted by Gasteiger charge is -2.12. The minimum Gasteiger partial charge on any atom is -0.456 e. The van der Waals surface area contributed by atoms with E-state index in [0.29, 0.717) is 38.3 Å². The molecule has 6 aromatic carbocycles. The van der Waals surface area contributed by atoms with E-state index < -0.39 is 0 Å². The van der Waals surface area contributed by atoms with Crippen LogP contribution in [-0.4, -0.2) is 24.1 Å². The van der Waals surface area contributed by atoms with E-state index in [1.54, 1.807) is 18.2 Å². The number of aromatic nitrogens is 5. The topological polar surface area (TPSA) is 61.7 Å². The molecule has 0 spiro atoms. The normalized spacial score (nSPS) is 14.5. The van der Waals surface area contributed by atoms with Crippen molar-refractivity contribution in [2.45, 2.75) is 0 Å². The van der Waals surface area contributed by atoms with Crippen molar-refractivity contribution in [3.63, 3.8) is 0 Å². The molecule has 0 fully saturated rings. The highest BCUT2D eigenvalue weighted by molar-refractivity contribution is 6.10. The fourth-order valence-electron chi connectivity index (χ4n) is 6.23. The molecule has 0 aliphatic rings. The van der Waals surface area contributed by atoms with Gasteiger partial charge in [0.05, 0.1) is 33.0 Å². The third-order valence-electron chi connectivity index (χ3n) is 8.18. The first-order chi connectivity index (χ1) is 25.6. The molecule has 210 valence electrons. The molecule has 4 aromatic heterocycles. The molecule has 4 heterocycles. The Hall–Kier alpha value is -6.27. The first-order valence-electron chi connectivity index (χ1n) is 18.3. The van der Waals surface area contributed by atoms with Crippen LogP contribution in [0.1, 0.15) is 11.0 Å². The predicted molar refractivity (Wildman–Crippen MR) is 181 cm³/mol. The number of hydrogen-bond acceptors (Lipinski definition) is 4. The maximum atomic E-state index is 9.01. The zero-order chi connectivity index (χ0) is 36.4. The quantitative estimate of drug-likeness (QED) is 0.207. The van der Waals surface area contributed by atoms with Gasteiger partial charge in [-0.05, 0) is 42.4 Å². The van der Waals surface area contributed by atoms with Crippen LogP contribution in [0.15, 0.2) is 144 Å². The van der Waals surface area contributed by atoms with Crippen molar-refractivity contribution in [3.8, 4) is 23.3 Å². The van der Waals surface area contributed by atoms with Gasteiger partial charge in [-0.1, -0.05) is 97.0 Å². The van der Waals surface area contributed by atoms with E-state index in [-0.39, 0.29) is 88.1 Å². The van der Waals surface area contributed by atoms with E-state index in [4.69, 9.17) is 30.3 Å². The van der Waals surface area contributed by atoms with Gasteiger partial charge in [0.1, 0.15) is 11.2 Å². The molecule has 0 amide bonds. The molecule has 0 saturated carbocycles. The summed E-state index contributed by atoms with van der Waals surface area (Å²) in [5.74, 6) is 0.0802. The largest absolute Gasteiger partial charge is 0.456 e. The zero-order valence-corrected chi connectivity index (χ0v) is 23.3. The molecule has 0 saturated heterocycles. The summed E-state index contributed by atoms with van der Waals surface area (Å²) in [6.07, 6.45) is 0. The van der Waals surface area contributed by atoms with Crippen LogP contribution in [0.2, 0.25) is 0 Å². The van der Waals surface area contributed by atoms with E-state index in [1.165, 1.54) is 45.5 Å². The lowest BCUT2D eigenvalue weighted by Crippen LogP contribution is -2.10. The molecule has 0 atom stereocenters. The minimum atomic E-state index is -0.152. The molecule has 0 aliphatic carbocycles. The highest BCUT2D eigenvalue weighted by Gasteiger charge is 2.20. The number of para-hydroxylation sites is 5. The van der Waals surface area contributed by atoms with Gasteiger partial charge in [0.15, 0.2) is 5.82 Å². The van der Waals surface area contributed by atoms with Gasteiger partial charge in [0, 0.05) is 37.9 Å². The van der Waals surface area contributed by atoms with Gasteiger partial charge in [0.25, 0.3) is 0 Å². The van der Waals surface area contributed by atoms with Crippen LogP contribution < -0.4 is 0 Å². The van der Waals surface area contributed by atoms with Crippen molar-refractivity contribution < 1.29 is 15.4 Å². The number of furan rings is 1. The second-order valence-corrected chi connectivity index (χ2v) is 10.7. The Morgan fingerprint density at radius 1 is 0.467 bits per heavy atom. The number of hydrogen-bond donors (Lipinski definition) is 0. The van der Waals surface area contributed by atoms with Crippen LogP contribution in [0.25, 0.3) is 88.8 Å². The van der Waals surface area contributed by atoms with E-state index in [1.807, 2.05) is 36.4 Å². The zero-order valence-electron chi connectivity index (χ0n) is 31.3. The number of rotatable bonds is 3. The highest BCUT2D eigenvalue weighted by atomic mass is 16.3. The third-order valence-corrected chi connectivity index (χ3v) is 8.18. The minimum absolute atomic E-state index is 0.0370. The summed E-state index contributed by atoms with van der Waals surface area (Å²) in [5, 5.41) is 3.56. The highest BCUT2D eigenvalue weighted by Crippen LogP contribution is 2.35. The molecule has 6 nitrogen and oxygen atoms in total. The van der Waals surface area contributed by atoms with Crippen LogP contribution in [-0.2, 0) is 0 Å². The van der Waals surface area contributed by atoms with Gasteiger partial charge in [-0.25, -0.2) is 0 Å². The molecular weight excluding hydrogens is 554 g/mol. The maximum absolute atomic E-state index is 9.01. The molecule has 0 aliphatic heterocycles. The molecule has 0 radical (unpaired) electrons. The molecule has 10 aromatic rings. The molecule has 0 N–H and O–H groups in total. The van der Waals surface area contributed by atoms with Gasteiger partial charge in [-0.3, -0.25) is 9.13 Å². The second kappa shape index (κ2) is 9.11. The Morgan fingerprint density at radius 3 is 1.69 bits per heavy atom. The third kappa shape index (κ3) is 3.48. The van der Waals surface area contributed by atoms with Gasteiger partial charge < -0.3 is 4.42 Å². The molecular formula is C39H23N5O. The Morgan fingerprint density at radius 2 is 1.02 bits per heavy atom. The SMILES string of the molecule is [2H]c1ccc2c3c([2H])ccc([2H])c3n(-c3nc(-c4ccc5c(c4)oc4ccccc45)nc(-n4c5c([2H])c([2H])ccc5c5c([2H])ccc([2H])c54)n3)c2c1[2H]. The molecule has 10 rings (SSSR count). The number of nitrogens with zero attached hydrogens (tertiary/aromatic N) is 5. The smallest absolute Gasteiger partial charge is 0.240 e. The summed E-state index contributed by atoms with van der Waals surface area (Å²) in [6, 6.07) is 25.4. The molecule has 0 unspecified atom stereocenters. The fraction of sp³-hybridized carbons (Fsp3) is 0. The van der Waals surface area contributed by atoms with Gasteiger partial charge in [-0.2, -0.15) is 15.0 Å². The molecule has 0 bridgehead atoms. The van der Waals surface area contributed by atoms with Crippen LogP contribution in [0.5, 0.6) is 0 Å². The second-order valence-electron chi connectivity index (χ2n) is 10.7. The van der Waals surface area contributed by atoms with E-state index in [0.717, 1.165) is 10.8 Å². The summed E-state index contributed by atoms with van der Waals surface area (Å²) in [4.78, 5) is 14.8. The van der Waals surface area contributed by atoms with Crippen molar-refractivity contribution in [2.24, 2.45) is 0 Å². The van der Waals surface area contributed by atoms with Gasteiger partial charge in [-0.15, -0.1) is 0 Å². The van der Waals surface area contributed by atoms with Crippen LogP contribution in [0, 0.1) is 0 Å². The summed E-state index contributed by atoms with van der Waals surface area (Å²) < 4.78 is 79.9.